The summed E-state index contributed by atoms with van der Waals surface area (Å²) in [5.41, 5.74) is 1.18. The van der Waals surface area contributed by atoms with Gasteiger partial charge in [0.2, 0.25) is 5.88 Å². The van der Waals surface area contributed by atoms with E-state index in [-0.39, 0.29) is 5.56 Å². The lowest BCUT2D eigenvalue weighted by Gasteiger charge is -2.04. The number of aromatic amines is 1. The summed E-state index contributed by atoms with van der Waals surface area (Å²) in [6.07, 6.45) is 0. The molecule has 0 radical (unpaired) electrons. The fourth-order valence-corrected chi connectivity index (χ4v) is 1.30. The number of ether oxygens (including phenoxy) is 1. The Morgan fingerprint density at radius 2 is 2.24 bits per heavy atom. The van der Waals surface area contributed by atoms with E-state index in [1.54, 1.807) is 18.2 Å². The number of hydrogen-bond acceptors (Lipinski definition) is 4. The van der Waals surface area contributed by atoms with Crippen LogP contribution < -0.4 is 10.3 Å². The summed E-state index contributed by atoms with van der Waals surface area (Å²) in [6.45, 7) is 0.300. The monoisotopic (exact) mass is 227 g/mol. The summed E-state index contributed by atoms with van der Waals surface area (Å²) in [7, 11) is 0. The van der Waals surface area contributed by atoms with Crippen molar-refractivity contribution in [3.63, 3.8) is 0 Å². The first kappa shape index (κ1) is 10.9. The van der Waals surface area contributed by atoms with Gasteiger partial charge in [-0.05, 0) is 17.7 Å². The van der Waals surface area contributed by atoms with Crippen LogP contribution in [0.3, 0.4) is 0 Å². The van der Waals surface area contributed by atoms with Crippen LogP contribution in [0, 0.1) is 11.3 Å². The molecule has 1 aromatic heterocycles. The molecule has 17 heavy (non-hydrogen) atoms. The molecule has 1 aromatic carbocycles. The highest BCUT2D eigenvalue weighted by atomic mass is 16.5. The Bertz CT molecular complexity index is 593. The molecule has 2 aromatic rings. The van der Waals surface area contributed by atoms with Gasteiger partial charge in [-0.25, -0.2) is 5.10 Å². The van der Waals surface area contributed by atoms with Gasteiger partial charge < -0.3 is 4.74 Å². The maximum absolute atomic E-state index is 10.8. The second-order valence-corrected chi connectivity index (χ2v) is 3.36. The Morgan fingerprint density at radius 1 is 1.35 bits per heavy atom. The van der Waals surface area contributed by atoms with Crippen molar-refractivity contribution in [2.24, 2.45) is 0 Å². The second-order valence-electron chi connectivity index (χ2n) is 3.36. The van der Waals surface area contributed by atoms with Crippen LogP contribution in [0.4, 0.5) is 0 Å². The van der Waals surface area contributed by atoms with Crippen LogP contribution in [0.1, 0.15) is 11.1 Å². The summed E-state index contributed by atoms with van der Waals surface area (Å²) in [6, 6.07) is 12.0. The standard InChI is InChI=1S/C12H9N3O2/c13-7-9-2-1-3-10(6-9)8-17-12-5-4-11(16)14-15-12/h1-6H,8H2,(H,14,16). The van der Waals surface area contributed by atoms with Gasteiger partial charge in [0.25, 0.3) is 5.56 Å². The van der Waals surface area contributed by atoms with Gasteiger partial charge in [-0.1, -0.05) is 12.1 Å². The van der Waals surface area contributed by atoms with E-state index in [4.69, 9.17) is 10.00 Å². The third-order valence-electron chi connectivity index (χ3n) is 2.10. The summed E-state index contributed by atoms with van der Waals surface area (Å²) < 4.78 is 5.36. The van der Waals surface area contributed by atoms with Crippen LogP contribution in [0.15, 0.2) is 41.2 Å². The highest BCUT2D eigenvalue weighted by Crippen LogP contribution is 2.08. The van der Waals surface area contributed by atoms with E-state index < -0.39 is 0 Å². The number of aromatic nitrogens is 2. The van der Waals surface area contributed by atoms with Crippen LogP contribution in [0.25, 0.3) is 0 Å². The average Bonchev–Trinajstić information content (AvgIpc) is 2.38. The van der Waals surface area contributed by atoms with Gasteiger partial charge in [-0.3, -0.25) is 4.79 Å². The molecule has 0 fully saturated rings. The van der Waals surface area contributed by atoms with E-state index in [9.17, 15) is 4.79 Å². The predicted octanol–water partition coefficient (Wildman–Crippen LogP) is 1.22. The zero-order chi connectivity index (χ0) is 12.1. The fourth-order valence-electron chi connectivity index (χ4n) is 1.30. The molecule has 0 unspecified atom stereocenters. The van der Waals surface area contributed by atoms with E-state index in [0.29, 0.717) is 18.1 Å². The maximum atomic E-state index is 10.8. The second kappa shape index (κ2) is 4.94. The first-order valence-corrected chi connectivity index (χ1v) is 4.95. The Morgan fingerprint density at radius 3 is 2.94 bits per heavy atom. The molecule has 5 nitrogen and oxygen atoms in total. The van der Waals surface area contributed by atoms with Crippen molar-refractivity contribution >= 4 is 0 Å². The first-order chi connectivity index (χ1) is 8.28. The lowest BCUT2D eigenvalue weighted by Crippen LogP contribution is -2.07. The Kier molecular flexibility index (Phi) is 3.17. The van der Waals surface area contributed by atoms with Crippen LogP contribution in [-0.2, 0) is 6.61 Å². The van der Waals surface area contributed by atoms with Gasteiger partial charge in [0.15, 0.2) is 0 Å². The molecule has 0 spiro atoms. The van der Waals surface area contributed by atoms with E-state index in [2.05, 4.69) is 16.3 Å². The molecular weight excluding hydrogens is 218 g/mol. The van der Waals surface area contributed by atoms with Crippen LogP contribution in [0.2, 0.25) is 0 Å². The first-order valence-electron chi connectivity index (χ1n) is 4.95. The van der Waals surface area contributed by atoms with Crippen molar-refractivity contribution in [1.82, 2.24) is 10.2 Å². The number of nitriles is 1. The average molecular weight is 227 g/mol. The summed E-state index contributed by atoms with van der Waals surface area (Å²) >= 11 is 0. The van der Waals surface area contributed by atoms with Gasteiger partial charge >= 0.3 is 0 Å². The van der Waals surface area contributed by atoms with E-state index in [1.807, 2.05) is 6.07 Å². The van der Waals surface area contributed by atoms with Crippen LogP contribution in [0.5, 0.6) is 5.88 Å². The number of benzene rings is 1. The van der Waals surface area contributed by atoms with Gasteiger partial charge in [-0.15, -0.1) is 5.10 Å². The molecular formula is C12H9N3O2. The summed E-state index contributed by atoms with van der Waals surface area (Å²) in [5.74, 6) is 0.340. The number of nitrogens with zero attached hydrogens (tertiary/aromatic N) is 2. The zero-order valence-corrected chi connectivity index (χ0v) is 8.88. The fraction of sp³-hybridized carbons (Fsp3) is 0.0833. The van der Waals surface area contributed by atoms with Crippen LogP contribution in [-0.4, -0.2) is 10.2 Å². The lowest BCUT2D eigenvalue weighted by molar-refractivity contribution is 0.290. The normalized spacial score (nSPS) is 9.59. The molecule has 1 N–H and O–H groups in total. The van der Waals surface area contributed by atoms with Crippen molar-refractivity contribution in [1.29, 1.82) is 5.26 Å². The van der Waals surface area contributed by atoms with Gasteiger partial charge in [0.05, 0.1) is 11.6 Å². The van der Waals surface area contributed by atoms with Crippen molar-refractivity contribution < 1.29 is 4.74 Å². The SMILES string of the molecule is N#Cc1cccc(COc2ccc(=O)[nH]n2)c1. The van der Waals surface area contributed by atoms with Crippen molar-refractivity contribution in [3.8, 4) is 11.9 Å². The third kappa shape index (κ3) is 2.92. The van der Waals surface area contributed by atoms with E-state index in [1.165, 1.54) is 12.1 Å². The lowest BCUT2D eigenvalue weighted by atomic mass is 10.1. The molecule has 0 saturated heterocycles. The minimum absolute atomic E-state index is 0.274. The molecule has 84 valence electrons. The van der Waals surface area contributed by atoms with E-state index >= 15 is 0 Å². The molecule has 5 heteroatoms. The van der Waals surface area contributed by atoms with Crippen molar-refractivity contribution in [3.05, 3.63) is 57.9 Å². The molecule has 0 atom stereocenters. The minimum Gasteiger partial charge on any atom is -0.472 e. The molecule has 0 aliphatic rings. The van der Waals surface area contributed by atoms with Crippen LogP contribution >= 0.6 is 0 Å². The van der Waals surface area contributed by atoms with Gasteiger partial charge in [0.1, 0.15) is 6.61 Å². The van der Waals surface area contributed by atoms with Gasteiger partial charge in [0, 0.05) is 12.1 Å². The van der Waals surface area contributed by atoms with Gasteiger partial charge in [-0.2, -0.15) is 5.26 Å². The van der Waals surface area contributed by atoms with Crippen molar-refractivity contribution in [2.45, 2.75) is 6.61 Å². The topological polar surface area (TPSA) is 78.8 Å². The number of H-pyrrole nitrogens is 1. The summed E-state index contributed by atoms with van der Waals surface area (Å²) in [4.78, 5) is 10.8. The smallest absolute Gasteiger partial charge is 0.264 e. The third-order valence-corrected chi connectivity index (χ3v) is 2.10. The number of nitrogens with one attached hydrogen (secondary N) is 1. The quantitative estimate of drug-likeness (QED) is 0.855. The molecule has 0 amide bonds. The highest BCUT2D eigenvalue weighted by molar-refractivity contribution is 5.32. The number of hydrogen-bond donors (Lipinski definition) is 1. The maximum Gasteiger partial charge on any atom is 0.264 e. The molecule has 1 heterocycles. The Balaban J connectivity index is 2.05. The highest BCUT2D eigenvalue weighted by Gasteiger charge is 1.98. The molecule has 0 aliphatic carbocycles. The zero-order valence-electron chi connectivity index (χ0n) is 8.88. The van der Waals surface area contributed by atoms with Crippen molar-refractivity contribution in [2.75, 3.05) is 0 Å². The largest absolute Gasteiger partial charge is 0.472 e. The predicted molar refractivity (Wildman–Crippen MR) is 60.3 cm³/mol. The minimum atomic E-state index is -0.274. The molecule has 0 bridgehead atoms. The molecule has 0 aliphatic heterocycles. The summed E-state index contributed by atoms with van der Waals surface area (Å²) in [5, 5.41) is 14.7. The molecule has 0 saturated carbocycles. The molecule has 2 rings (SSSR count). The van der Waals surface area contributed by atoms with E-state index in [0.717, 1.165) is 5.56 Å². The Hall–Kier alpha value is -2.61. The Labute approximate surface area is 97.3 Å². The number of rotatable bonds is 3.